The molecule has 182 valence electrons. The van der Waals surface area contributed by atoms with Crippen LogP contribution in [-0.2, 0) is 11.0 Å². The zero-order valence-electron chi connectivity index (χ0n) is 19.5. The van der Waals surface area contributed by atoms with E-state index in [0.29, 0.717) is 6.42 Å². The van der Waals surface area contributed by atoms with Gasteiger partial charge in [-0.25, -0.2) is 0 Å². The van der Waals surface area contributed by atoms with Crippen molar-refractivity contribution in [3.63, 3.8) is 0 Å². The Morgan fingerprint density at radius 3 is 2.18 bits per heavy atom. The van der Waals surface area contributed by atoms with Gasteiger partial charge in [0.2, 0.25) is 0 Å². The van der Waals surface area contributed by atoms with Crippen LogP contribution in [0.4, 0.5) is 18.9 Å². The van der Waals surface area contributed by atoms with Crippen LogP contribution >= 0.6 is 0 Å². The van der Waals surface area contributed by atoms with Gasteiger partial charge in [0.05, 0.1) is 11.5 Å². The molecule has 7 nitrogen and oxygen atoms in total. The molecule has 2 aromatic rings. The maximum Gasteiger partial charge on any atom is 0.416 e. The van der Waals surface area contributed by atoms with Gasteiger partial charge in [-0.2, -0.15) is 13.2 Å². The second kappa shape index (κ2) is 10.3. The second-order valence-corrected chi connectivity index (χ2v) is 8.49. The summed E-state index contributed by atoms with van der Waals surface area (Å²) < 4.78 is 44.4. The monoisotopic (exact) mass is 469 g/mol. The normalized spacial score (nSPS) is 14.6. The van der Waals surface area contributed by atoms with Crippen LogP contribution in [0.5, 0.6) is 0 Å². The lowest BCUT2D eigenvalue weighted by atomic mass is 9.96. The van der Waals surface area contributed by atoms with E-state index in [0.717, 1.165) is 12.1 Å². The molecule has 10 heteroatoms. The summed E-state index contributed by atoms with van der Waals surface area (Å²) in [6, 6.07) is 3.56. The number of rotatable bonds is 9. The molecule has 0 bridgehead atoms. The van der Waals surface area contributed by atoms with Gasteiger partial charge in [-0.15, -0.1) is 0 Å². The van der Waals surface area contributed by atoms with Crippen molar-refractivity contribution < 1.29 is 32.4 Å². The summed E-state index contributed by atoms with van der Waals surface area (Å²) in [6.07, 6.45) is -4.16. The number of benzene rings is 1. The van der Waals surface area contributed by atoms with Crippen molar-refractivity contribution >= 4 is 17.6 Å². The van der Waals surface area contributed by atoms with Crippen molar-refractivity contribution in [2.75, 3.05) is 11.9 Å². The third-order valence-corrected chi connectivity index (χ3v) is 6.02. The number of hydrogen-bond acceptors (Lipinski definition) is 5. The van der Waals surface area contributed by atoms with Crippen molar-refractivity contribution in [1.29, 1.82) is 0 Å². The molecular formula is C23H30F3N3O4. The second-order valence-electron chi connectivity index (χ2n) is 8.49. The van der Waals surface area contributed by atoms with Crippen LogP contribution in [-0.4, -0.2) is 41.3 Å². The van der Waals surface area contributed by atoms with Gasteiger partial charge in [-0.3, -0.25) is 9.59 Å². The Hall–Kier alpha value is -3.04. The first-order chi connectivity index (χ1) is 15.3. The number of nitrogens with zero attached hydrogens (tertiary/aromatic N) is 2. The zero-order valence-corrected chi connectivity index (χ0v) is 19.5. The standard InChI is InChI=1S/C23H30F3N3O4/c1-7-17(22(31)32)14(5)29(6)19-18(21(30)27-13(4)12(2)3)28-33-20(19)15-8-10-16(11-9-15)23(24,25)26/h8-14,17H,7H2,1-6H3,(H,27,30)(H,31,32)/t13-,14?,17?/m0/s1. The van der Waals surface area contributed by atoms with Gasteiger partial charge in [0.15, 0.2) is 11.5 Å². The average molecular weight is 470 g/mol. The first kappa shape index (κ1) is 26.2. The van der Waals surface area contributed by atoms with Crippen molar-refractivity contribution in [2.45, 2.75) is 59.3 Å². The number of carboxylic acid groups (broad SMARTS) is 1. The van der Waals surface area contributed by atoms with E-state index in [1.165, 1.54) is 12.1 Å². The zero-order chi connectivity index (χ0) is 25.1. The van der Waals surface area contributed by atoms with Gasteiger partial charge in [0.1, 0.15) is 5.69 Å². The molecule has 1 aromatic carbocycles. The number of carbonyl (C=O) groups is 2. The number of amides is 1. The number of anilines is 1. The van der Waals surface area contributed by atoms with Crippen LogP contribution < -0.4 is 10.2 Å². The number of halogens is 3. The van der Waals surface area contributed by atoms with Crippen LogP contribution in [0.2, 0.25) is 0 Å². The minimum Gasteiger partial charge on any atom is -0.481 e. The highest BCUT2D eigenvalue weighted by Gasteiger charge is 2.34. The summed E-state index contributed by atoms with van der Waals surface area (Å²) in [5.41, 5.74) is -0.388. The Kier molecular flexibility index (Phi) is 8.16. The molecule has 0 saturated heterocycles. The number of aliphatic carboxylic acids is 1. The van der Waals surface area contributed by atoms with E-state index in [9.17, 15) is 27.9 Å². The van der Waals surface area contributed by atoms with Crippen molar-refractivity contribution in [1.82, 2.24) is 10.5 Å². The number of alkyl halides is 3. The van der Waals surface area contributed by atoms with Crippen LogP contribution in [0.1, 0.15) is 57.1 Å². The lowest BCUT2D eigenvalue weighted by Crippen LogP contribution is -2.41. The van der Waals surface area contributed by atoms with Crippen LogP contribution in [0.3, 0.4) is 0 Å². The molecule has 0 saturated carbocycles. The quantitative estimate of drug-likeness (QED) is 0.532. The van der Waals surface area contributed by atoms with Gasteiger partial charge in [0, 0.05) is 24.7 Å². The maximum absolute atomic E-state index is 13.0. The van der Waals surface area contributed by atoms with Gasteiger partial charge in [-0.05, 0) is 38.3 Å². The van der Waals surface area contributed by atoms with Crippen molar-refractivity contribution in [3.05, 3.63) is 35.5 Å². The Morgan fingerprint density at radius 1 is 1.15 bits per heavy atom. The van der Waals surface area contributed by atoms with Crippen LogP contribution in [0.15, 0.2) is 28.8 Å². The van der Waals surface area contributed by atoms with E-state index in [4.69, 9.17) is 4.52 Å². The van der Waals surface area contributed by atoms with E-state index in [1.54, 1.807) is 25.8 Å². The molecule has 0 spiro atoms. The summed E-state index contributed by atoms with van der Waals surface area (Å²) in [5.74, 6) is -2.04. The largest absolute Gasteiger partial charge is 0.481 e. The molecule has 0 radical (unpaired) electrons. The topological polar surface area (TPSA) is 95.7 Å². The molecule has 0 aliphatic heterocycles. The molecule has 0 fully saturated rings. The number of carbonyl (C=O) groups excluding carboxylic acids is 1. The summed E-state index contributed by atoms with van der Waals surface area (Å²) in [5, 5.41) is 16.3. The Bertz CT molecular complexity index is 970. The van der Waals surface area contributed by atoms with E-state index < -0.39 is 35.6 Å². The Morgan fingerprint density at radius 2 is 1.73 bits per heavy atom. The molecule has 33 heavy (non-hydrogen) atoms. The lowest BCUT2D eigenvalue weighted by Gasteiger charge is -2.31. The molecule has 1 amide bonds. The average Bonchev–Trinajstić information content (AvgIpc) is 3.17. The van der Waals surface area contributed by atoms with Crippen molar-refractivity contribution in [3.8, 4) is 11.3 Å². The fraction of sp³-hybridized carbons (Fsp3) is 0.522. The van der Waals surface area contributed by atoms with Gasteiger partial charge < -0.3 is 19.8 Å². The van der Waals surface area contributed by atoms with Gasteiger partial charge >= 0.3 is 12.1 Å². The fourth-order valence-electron chi connectivity index (χ4n) is 3.40. The van der Waals surface area contributed by atoms with Crippen molar-refractivity contribution in [2.24, 2.45) is 11.8 Å². The highest BCUT2D eigenvalue weighted by molar-refractivity contribution is 6.01. The molecular weight excluding hydrogens is 439 g/mol. The molecule has 1 heterocycles. The van der Waals surface area contributed by atoms with E-state index in [1.807, 2.05) is 20.8 Å². The SMILES string of the molecule is CCC(C(=O)O)C(C)N(C)c1c(C(=O)N[C@@H](C)C(C)C)noc1-c1ccc(C(F)(F)F)cc1. The molecule has 2 unspecified atom stereocenters. The predicted octanol–water partition coefficient (Wildman–Crippen LogP) is 5.07. The summed E-state index contributed by atoms with van der Waals surface area (Å²) >= 11 is 0. The smallest absolute Gasteiger partial charge is 0.416 e. The maximum atomic E-state index is 13.0. The Labute approximate surface area is 190 Å². The molecule has 0 aliphatic carbocycles. The third kappa shape index (κ3) is 5.85. The lowest BCUT2D eigenvalue weighted by molar-refractivity contribution is -0.142. The third-order valence-electron chi connectivity index (χ3n) is 6.02. The molecule has 2 N–H and O–H groups in total. The summed E-state index contributed by atoms with van der Waals surface area (Å²) in [7, 11) is 1.61. The predicted molar refractivity (Wildman–Crippen MR) is 118 cm³/mol. The van der Waals surface area contributed by atoms with E-state index in [2.05, 4.69) is 10.5 Å². The highest BCUT2D eigenvalue weighted by atomic mass is 19.4. The van der Waals surface area contributed by atoms with E-state index >= 15 is 0 Å². The van der Waals surface area contributed by atoms with Gasteiger partial charge in [-0.1, -0.05) is 38.1 Å². The summed E-state index contributed by atoms with van der Waals surface area (Å²) in [4.78, 5) is 26.3. The molecule has 2 rings (SSSR count). The minimum atomic E-state index is -4.50. The molecule has 3 atom stereocenters. The first-order valence-corrected chi connectivity index (χ1v) is 10.7. The summed E-state index contributed by atoms with van der Waals surface area (Å²) in [6.45, 7) is 9.16. The first-order valence-electron chi connectivity index (χ1n) is 10.7. The van der Waals surface area contributed by atoms with Crippen LogP contribution in [0, 0.1) is 11.8 Å². The van der Waals surface area contributed by atoms with Crippen LogP contribution in [0.25, 0.3) is 11.3 Å². The molecule has 1 aromatic heterocycles. The number of hydrogen-bond donors (Lipinski definition) is 2. The Balaban J connectivity index is 2.58. The number of nitrogens with one attached hydrogen (secondary N) is 1. The van der Waals surface area contributed by atoms with Gasteiger partial charge in [0.25, 0.3) is 5.91 Å². The highest BCUT2D eigenvalue weighted by Crippen LogP contribution is 2.38. The molecule has 0 aliphatic rings. The van der Waals surface area contributed by atoms with E-state index in [-0.39, 0.29) is 34.7 Å². The minimum absolute atomic E-state index is 0.0630. The number of carboxylic acids is 1. The number of aromatic nitrogens is 1. The fourth-order valence-corrected chi connectivity index (χ4v) is 3.40.